The number of benzene rings is 2. The van der Waals surface area contributed by atoms with Gasteiger partial charge in [-0.05, 0) is 30.3 Å². The molecule has 2 heterocycles. The number of anilines is 1. The van der Waals surface area contributed by atoms with Crippen molar-refractivity contribution in [3.05, 3.63) is 59.2 Å². The topological polar surface area (TPSA) is 59.6 Å². The molecule has 2 aliphatic heterocycles. The maximum absolute atomic E-state index is 12.2. The number of carbonyl (C=O) groups is 1. The number of rotatable bonds is 2. The van der Waals surface area contributed by atoms with E-state index in [4.69, 9.17) is 9.47 Å². The van der Waals surface area contributed by atoms with Crippen molar-refractivity contribution in [1.82, 2.24) is 5.32 Å². The highest BCUT2D eigenvalue weighted by Gasteiger charge is 2.27. The third kappa shape index (κ3) is 2.40. The van der Waals surface area contributed by atoms with Crippen molar-refractivity contribution in [3.8, 4) is 11.5 Å². The lowest BCUT2D eigenvalue weighted by atomic mass is 10.0. The van der Waals surface area contributed by atoms with Gasteiger partial charge >= 0.3 is 0 Å². The SMILES string of the molecule is COc1ccc2c(c1)OCC(C1NC(=O)c3ccccc3N1)=C2. The van der Waals surface area contributed by atoms with Crippen LogP contribution in [0.5, 0.6) is 11.5 Å². The Morgan fingerprint density at radius 1 is 1.17 bits per heavy atom. The quantitative estimate of drug-likeness (QED) is 0.895. The molecule has 1 unspecified atom stereocenters. The number of hydrogen-bond donors (Lipinski definition) is 2. The van der Waals surface area contributed by atoms with Crippen molar-refractivity contribution in [2.24, 2.45) is 0 Å². The summed E-state index contributed by atoms with van der Waals surface area (Å²) in [5, 5.41) is 6.32. The molecule has 0 bridgehead atoms. The largest absolute Gasteiger partial charge is 0.497 e. The number of para-hydroxylation sites is 1. The highest BCUT2D eigenvalue weighted by atomic mass is 16.5. The lowest BCUT2D eigenvalue weighted by molar-refractivity contribution is 0.0940. The normalized spacial score (nSPS) is 18.6. The summed E-state index contributed by atoms with van der Waals surface area (Å²) in [6.07, 6.45) is 1.78. The van der Waals surface area contributed by atoms with E-state index in [0.29, 0.717) is 12.2 Å². The predicted octanol–water partition coefficient (Wildman–Crippen LogP) is 2.65. The molecule has 1 amide bonds. The van der Waals surface area contributed by atoms with E-state index in [2.05, 4.69) is 10.6 Å². The summed E-state index contributed by atoms with van der Waals surface area (Å²) in [5.74, 6) is 1.47. The molecule has 0 saturated heterocycles. The molecule has 5 nitrogen and oxygen atoms in total. The van der Waals surface area contributed by atoms with Crippen LogP contribution in [0, 0.1) is 0 Å². The molecule has 0 spiro atoms. The molecule has 0 aliphatic carbocycles. The molecule has 2 aliphatic rings. The Labute approximate surface area is 133 Å². The van der Waals surface area contributed by atoms with E-state index in [9.17, 15) is 4.79 Å². The van der Waals surface area contributed by atoms with Crippen LogP contribution in [0.1, 0.15) is 15.9 Å². The van der Waals surface area contributed by atoms with E-state index in [1.807, 2.05) is 42.5 Å². The summed E-state index contributed by atoms with van der Waals surface area (Å²) in [5.41, 5.74) is 3.45. The Balaban J connectivity index is 1.64. The summed E-state index contributed by atoms with van der Waals surface area (Å²) in [6.45, 7) is 0.417. The minimum absolute atomic E-state index is 0.0780. The summed E-state index contributed by atoms with van der Waals surface area (Å²) < 4.78 is 11.0. The molecule has 0 aromatic heterocycles. The molecule has 0 fully saturated rings. The Bertz CT molecular complexity index is 814. The van der Waals surface area contributed by atoms with E-state index >= 15 is 0 Å². The highest BCUT2D eigenvalue weighted by molar-refractivity contribution is 6.02. The summed E-state index contributed by atoms with van der Waals surface area (Å²) in [7, 11) is 1.63. The number of nitrogens with one attached hydrogen (secondary N) is 2. The molecule has 23 heavy (non-hydrogen) atoms. The average Bonchev–Trinajstić information content (AvgIpc) is 2.60. The van der Waals surface area contributed by atoms with Gasteiger partial charge in [-0.1, -0.05) is 12.1 Å². The lowest BCUT2D eigenvalue weighted by Gasteiger charge is -2.31. The number of carbonyl (C=O) groups excluding carboxylic acids is 1. The van der Waals surface area contributed by atoms with E-state index < -0.39 is 0 Å². The molecule has 116 valence electrons. The first-order valence-electron chi connectivity index (χ1n) is 7.42. The zero-order chi connectivity index (χ0) is 15.8. The molecule has 1 atom stereocenters. The van der Waals surface area contributed by atoms with Gasteiger partial charge in [0.15, 0.2) is 0 Å². The number of ether oxygens (including phenoxy) is 2. The molecular formula is C18H16N2O3. The van der Waals surface area contributed by atoms with Crippen molar-refractivity contribution in [2.45, 2.75) is 6.17 Å². The predicted molar refractivity (Wildman–Crippen MR) is 87.8 cm³/mol. The number of amides is 1. The van der Waals surface area contributed by atoms with Gasteiger partial charge in [-0.15, -0.1) is 0 Å². The molecule has 0 radical (unpaired) electrons. The van der Waals surface area contributed by atoms with Crippen LogP contribution in [0.4, 0.5) is 5.69 Å². The second-order valence-electron chi connectivity index (χ2n) is 5.51. The Morgan fingerprint density at radius 2 is 2.04 bits per heavy atom. The molecular weight excluding hydrogens is 292 g/mol. The van der Waals surface area contributed by atoms with Crippen LogP contribution in [-0.4, -0.2) is 25.8 Å². The van der Waals surface area contributed by atoms with Gasteiger partial charge in [0.1, 0.15) is 24.3 Å². The first-order valence-corrected chi connectivity index (χ1v) is 7.42. The van der Waals surface area contributed by atoms with Gasteiger partial charge in [0.05, 0.1) is 12.7 Å². The van der Waals surface area contributed by atoms with E-state index in [1.165, 1.54) is 0 Å². The molecule has 2 N–H and O–H groups in total. The average molecular weight is 308 g/mol. The zero-order valence-corrected chi connectivity index (χ0v) is 12.6. The third-order valence-electron chi connectivity index (χ3n) is 4.07. The molecule has 0 saturated carbocycles. The van der Waals surface area contributed by atoms with Crippen LogP contribution < -0.4 is 20.1 Å². The van der Waals surface area contributed by atoms with Crippen molar-refractivity contribution < 1.29 is 14.3 Å². The first-order chi connectivity index (χ1) is 11.2. The van der Waals surface area contributed by atoms with Crippen molar-refractivity contribution >= 4 is 17.7 Å². The minimum Gasteiger partial charge on any atom is -0.497 e. The van der Waals surface area contributed by atoms with Crippen LogP contribution >= 0.6 is 0 Å². The van der Waals surface area contributed by atoms with Gasteiger partial charge in [-0.25, -0.2) is 0 Å². The van der Waals surface area contributed by atoms with E-state index in [0.717, 1.165) is 28.3 Å². The van der Waals surface area contributed by atoms with Crippen LogP contribution in [0.3, 0.4) is 0 Å². The van der Waals surface area contributed by atoms with Crippen LogP contribution in [0.15, 0.2) is 48.0 Å². The smallest absolute Gasteiger partial charge is 0.255 e. The Kier molecular flexibility index (Phi) is 3.19. The standard InChI is InChI=1S/C18H16N2O3/c1-22-13-7-6-11-8-12(10-23-16(11)9-13)17-19-15-5-3-2-4-14(15)18(21)20-17/h2-9,17,19H,10H2,1H3,(H,20,21). The fourth-order valence-electron chi connectivity index (χ4n) is 2.85. The first kappa shape index (κ1) is 13.7. The van der Waals surface area contributed by atoms with E-state index in [-0.39, 0.29) is 12.1 Å². The molecule has 4 rings (SSSR count). The maximum Gasteiger partial charge on any atom is 0.255 e. The molecule has 5 heteroatoms. The van der Waals surface area contributed by atoms with E-state index in [1.54, 1.807) is 13.2 Å². The molecule has 2 aromatic carbocycles. The van der Waals surface area contributed by atoms with Gasteiger partial charge in [-0.3, -0.25) is 4.79 Å². The second-order valence-corrected chi connectivity index (χ2v) is 5.51. The van der Waals surface area contributed by atoms with Crippen molar-refractivity contribution in [1.29, 1.82) is 0 Å². The zero-order valence-electron chi connectivity index (χ0n) is 12.6. The van der Waals surface area contributed by atoms with Gasteiger partial charge in [0, 0.05) is 22.9 Å². The fraction of sp³-hybridized carbons (Fsp3) is 0.167. The third-order valence-corrected chi connectivity index (χ3v) is 4.07. The van der Waals surface area contributed by atoms with Crippen LogP contribution in [0.2, 0.25) is 0 Å². The molecule has 2 aromatic rings. The number of hydrogen-bond acceptors (Lipinski definition) is 4. The summed E-state index contributed by atoms with van der Waals surface area (Å²) in [4.78, 5) is 12.2. The minimum atomic E-state index is -0.271. The van der Waals surface area contributed by atoms with Crippen LogP contribution in [0.25, 0.3) is 6.08 Å². The van der Waals surface area contributed by atoms with Gasteiger partial charge < -0.3 is 20.1 Å². The van der Waals surface area contributed by atoms with Crippen LogP contribution in [-0.2, 0) is 0 Å². The Morgan fingerprint density at radius 3 is 2.91 bits per heavy atom. The summed E-state index contributed by atoms with van der Waals surface area (Å²) >= 11 is 0. The Hall–Kier alpha value is -2.95. The van der Waals surface area contributed by atoms with Gasteiger partial charge in [0.2, 0.25) is 0 Å². The second kappa shape index (κ2) is 5.35. The maximum atomic E-state index is 12.2. The van der Waals surface area contributed by atoms with Crippen molar-refractivity contribution in [2.75, 3.05) is 19.0 Å². The number of fused-ring (bicyclic) bond motifs is 2. The van der Waals surface area contributed by atoms with Gasteiger partial charge in [-0.2, -0.15) is 0 Å². The number of methoxy groups -OCH3 is 1. The monoisotopic (exact) mass is 308 g/mol. The lowest BCUT2D eigenvalue weighted by Crippen LogP contribution is -2.47. The summed E-state index contributed by atoms with van der Waals surface area (Å²) in [6, 6.07) is 13.2. The van der Waals surface area contributed by atoms with Crippen molar-refractivity contribution in [3.63, 3.8) is 0 Å². The fourth-order valence-corrected chi connectivity index (χ4v) is 2.85. The highest BCUT2D eigenvalue weighted by Crippen LogP contribution is 2.32. The van der Waals surface area contributed by atoms with Gasteiger partial charge in [0.25, 0.3) is 5.91 Å².